The minimum Gasteiger partial charge on any atom is -0.491 e. The van der Waals surface area contributed by atoms with Gasteiger partial charge in [0.1, 0.15) is 5.75 Å². The highest BCUT2D eigenvalue weighted by Gasteiger charge is 2.26. The third kappa shape index (κ3) is 3.36. The molecule has 5 heteroatoms. The van der Waals surface area contributed by atoms with Crippen LogP contribution < -0.4 is 15.4 Å². The molecule has 5 nitrogen and oxygen atoms in total. The van der Waals surface area contributed by atoms with Crippen LogP contribution in [0.1, 0.15) is 46.5 Å². The number of amides is 1. The number of ether oxygens (including phenoxy) is 1. The highest BCUT2D eigenvalue weighted by Crippen LogP contribution is 2.31. The normalized spacial score (nSPS) is 12.8. The molecule has 0 aromatic heterocycles. The van der Waals surface area contributed by atoms with E-state index in [1.54, 1.807) is 36.1 Å². The summed E-state index contributed by atoms with van der Waals surface area (Å²) in [7, 11) is 0. The van der Waals surface area contributed by atoms with Gasteiger partial charge in [-0.1, -0.05) is 6.92 Å². The number of carbonyl (C=O) groups is 2. The maximum Gasteiger partial charge on any atom is 0.258 e. The van der Waals surface area contributed by atoms with Crippen molar-refractivity contribution in [1.29, 1.82) is 0 Å². The van der Waals surface area contributed by atoms with Gasteiger partial charge in [-0.25, -0.2) is 0 Å². The van der Waals surface area contributed by atoms with Gasteiger partial charge in [0.2, 0.25) is 0 Å². The van der Waals surface area contributed by atoms with Gasteiger partial charge in [0.05, 0.1) is 12.3 Å². The fourth-order valence-electron chi connectivity index (χ4n) is 3.01. The average Bonchev–Trinajstić information content (AvgIpc) is 3.03. The first kappa shape index (κ1) is 17.0. The van der Waals surface area contributed by atoms with E-state index >= 15 is 0 Å². The van der Waals surface area contributed by atoms with Crippen LogP contribution in [0.4, 0.5) is 11.4 Å². The van der Waals surface area contributed by atoms with E-state index in [0.717, 1.165) is 24.1 Å². The van der Waals surface area contributed by atoms with Gasteiger partial charge in [0, 0.05) is 23.4 Å². The van der Waals surface area contributed by atoms with Crippen LogP contribution in [0.15, 0.2) is 36.4 Å². The van der Waals surface area contributed by atoms with E-state index in [2.05, 4.69) is 0 Å². The zero-order chi connectivity index (χ0) is 18.0. The van der Waals surface area contributed by atoms with Crippen molar-refractivity contribution in [1.82, 2.24) is 0 Å². The number of nitrogens with two attached hydrogens (primary N) is 1. The second-order valence-corrected chi connectivity index (χ2v) is 6.21. The summed E-state index contributed by atoms with van der Waals surface area (Å²) in [4.78, 5) is 26.1. The van der Waals surface area contributed by atoms with Gasteiger partial charge in [0.25, 0.3) is 5.91 Å². The molecule has 3 rings (SSSR count). The van der Waals surface area contributed by atoms with Crippen molar-refractivity contribution in [3.63, 3.8) is 0 Å². The lowest BCUT2D eigenvalue weighted by Gasteiger charge is -2.18. The Balaban J connectivity index is 1.84. The minimum atomic E-state index is -0.0944. The molecule has 0 spiro atoms. The molecule has 1 amide bonds. The van der Waals surface area contributed by atoms with Crippen LogP contribution in [0.3, 0.4) is 0 Å². The van der Waals surface area contributed by atoms with Crippen LogP contribution in [0.25, 0.3) is 0 Å². The third-order valence-electron chi connectivity index (χ3n) is 4.35. The van der Waals surface area contributed by atoms with Gasteiger partial charge in [0.15, 0.2) is 5.78 Å². The summed E-state index contributed by atoms with van der Waals surface area (Å²) in [6.45, 7) is 4.76. The first-order valence-corrected chi connectivity index (χ1v) is 8.49. The predicted octanol–water partition coefficient (Wildman–Crippen LogP) is 3.46. The number of fused-ring (bicyclic) bond motifs is 1. The molecule has 0 aliphatic carbocycles. The predicted molar refractivity (Wildman–Crippen MR) is 98.5 cm³/mol. The number of nitrogen functional groups attached to an aromatic ring is 1. The van der Waals surface area contributed by atoms with E-state index in [4.69, 9.17) is 10.5 Å². The zero-order valence-corrected chi connectivity index (χ0v) is 14.5. The van der Waals surface area contributed by atoms with E-state index in [9.17, 15) is 9.59 Å². The van der Waals surface area contributed by atoms with Gasteiger partial charge in [-0.05, 0) is 61.7 Å². The molecule has 130 valence electrons. The standard InChI is InChI=1S/C20H22N2O3/c1-3-10-25-19-7-5-16(12-17(19)21)20(24)22-9-8-15-11-14(13(2)23)4-6-18(15)22/h4-7,11-12H,3,8-10,21H2,1-2H3. The number of rotatable bonds is 5. The van der Waals surface area contributed by atoms with E-state index in [1.165, 1.54) is 0 Å². The monoisotopic (exact) mass is 338 g/mol. The van der Waals surface area contributed by atoms with Crippen molar-refractivity contribution in [2.75, 3.05) is 23.8 Å². The zero-order valence-electron chi connectivity index (χ0n) is 14.5. The van der Waals surface area contributed by atoms with Crippen LogP contribution in [-0.4, -0.2) is 24.8 Å². The van der Waals surface area contributed by atoms with Crippen LogP contribution in [0.2, 0.25) is 0 Å². The molecule has 2 N–H and O–H groups in total. The number of hydrogen-bond donors (Lipinski definition) is 1. The van der Waals surface area contributed by atoms with Gasteiger partial charge in [-0.3, -0.25) is 9.59 Å². The Morgan fingerprint density at radius 1 is 1.16 bits per heavy atom. The van der Waals surface area contributed by atoms with Crippen molar-refractivity contribution in [2.24, 2.45) is 0 Å². The number of nitrogens with zero attached hydrogens (tertiary/aromatic N) is 1. The molecule has 25 heavy (non-hydrogen) atoms. The highest BCUT2D eigenvalue weighted by molar-refractivity contribution is 6.08. The molecule has 2 aromatic rings. The van der Waals surface area contributed by atoms with Gasteiger partial charge in [-0.15, -0.1) is 0 Å². The van der Waals surface area contributed by atoms with Crippen molar-refractivity contribution in [3.05, 3.63) is 53.1 Å². The van der Waals surface area contributed by atoms with Gasteiger partial charge >= 0.3 is 0 Å². The lowest BCUT2D eigenvalue weighted by molar-refractivity contribution is 0.0987. The SMILES string of the molecule is CCCOc1ccc(C(=O)N2CCc3cc(C(C)=O)ccc32)cc1N. The number of Topliss-reactive ketones (excluding diaryl/α,β-unsaturated/α-hetero) is 1. The molecule has 0 saturated carbocycles. The van der Waals surface area contributed by atoms with E-state index < -0.39 is 0 Å². The molecule has 2 aromatic carbocycles. The maximum absolute atomic E-state index is 12.9. The Hall–Kier alpha value is -2.82. The summed E-state index contributed by atoms with van der Waals surface area (Å²) in [5.74, 6) is 0.539. The number of hydrogen-bond acceptors (Lipinski definition) is 4. The van der Waals surface area contributed by atoms with Crippen molar-refractivity contribution in [2.45, 2.75) is 26.7 Å². The number of ketones is 1. The molecule has 1 heterocycles. The molecule has 0 bridgehead atoms. The van der Waals surface area contributed by atoms with Gasteiger partial charge < -0.3 is 15.4 Å². The fraction of sp³-hybridized carbons (Fsp3) is 0.300. The third-order valence-corrected chi connectivity index (χ3v) is 4.35. The Morgan fingerprint density at radius 3 is 2.60 bits per heavy atom. The minimum absolute atomic E-state index is 0.0306. The number of carbonyl (C=O) groups excluding carboxylic acids is 2. The molecule has 1 aliphatic rings. The molecule has 1 aliphatic heterocycles. The Labute approximate surface area is 147 Å². The largest absolute Gasteiger partial charge is 0.491 e. The summed E-state index contributed by atoms with van der Waals surface area (Å²) in [5, 5.41) is 0. The first-order chi connectivity index (χ1) is 12.0. The smallest absolute Gasteiger partial charge is 0.258 e. The topological polar surface area (TPSA) is 72.6 Å². The van der Waals surface area contributed by atoms with Crippen LogP contribution in [-0.2, 0) is 6.42 Å². The lowest BCUT2D eigenvalue weighted by Crippen LogP contribution is -2.28. The molecule has 0 radical (unpaired) electrons. The Bertz CT molecular complexity index is 830. The van der Waals surface area contributed by atoms with Crippen molar-refractivity contribution < 1.29 is 14.3 Å². The molecule has 0 atom stereocenters. The maximum atomic E-state index is 12.9. The lowest BCUT2D eigenvalue weighted by atomic mass is 10.1. The Kier molecular flexibility index (Phi) is 4.74. The second kappa shape index (κ2) is 6.97. The van der Waals surface area contributed by atoms with Crippen LogP contribution in [0, 0.1) is 0 Å². The molecular formula is C20H22N2O3. The van der Waals surface area contributed by atoms with E-state index in [1.807, 2.05) is 19.1 Å². The van der Waals surface area contributed by atoms with Crippen molar-refractivity contribution in [3.8, 4) is 5.75 Å². The van der Waals surface area contributed by atoms with E-state index in [-0.39, 0.29) is 11.7 Å². The fourth-order valence-corrected chi connectivity index (χ4v) is 3.01. The summed E-state index contributed by atoms with van der Waals surface area (Å²) in [5.41, 5.74) is 9.57. The quantitative estimate of drug-likeness (QED) is 0.669. The summed E-state index contributed by atoms with van der Waals surface area (Å²) >= 11 is 0. The summed E-state index contributed by atoms with van der Waals surface area (Å²) in [6, 6.07) is 10.6. The first-order valence-electron chi connectivity index (χ1n) is 8.49. The second-order valence-electron chi connectivity index (χ2n) is 6.21. The van der Waals surface area contributed by atoms with Crippen LogP contribution >= 0.6 is 0 Å². The highest BCUT2D eigenvalue weighted by atomic mass is 16.5. The molecule has 0 saturated heterocycles. The average molecular weight is 338 g/mol. The van der Waals surface area contributed by atoms with E-state index in [0.29, 0.717) is 35.7 Å². The number of benzene rings is 2. The molecule has 0 unspecified atom stereocenters. The van der Waals surface area contributed by atoms with Gasteiger partial charge in [-0.2, -0.15) is 0 Å². The molecule has 0 fully saturated rings. The summed E-state index contributed by atoms with van der Waals surface area (Å²) < 4.78 is 5.56. The van der Waals surface area contributed by atoms with Crippen molar-refractivity contribution >= 4 is 23.1 Å². The molecular weight excluding hydrogens is 316 g/mol. The Morgan fingerprint density at radius 2 is 1.92 bits per heavy atom. The number of anilines is 2. The summed E-state index contributed by atoms with van der Waals surface area (Å²) in [6.07, 6.45) is 1.64. The van der Waals surface area contributed by atoms with Crippen LogP contribution in [0.5, 0.6) is 5.75 Å².